The van der Waals surface area contributed by atoms with Crippen molar-refractivity contribution in [2.24, 2.45) is 0 Å². The molecule has 0 unspecified atom stereocenters. The topological polar surface area (TPSA) is 81.5 Å². The number of piperidine rings is 1. The summed E-state index contributed by atoms with van der Waals surface area (Å²) in [5, 5.41) is 0.874. The summed E-state index contributed by atoms with van der Waals surface area (Å²) < 4.78 is 31.9. The molecule has 0 aliphatic carbocycles. The van der Waals surface area contributed by atoms with E-state index in [2.05, 4.69) is 4.98 Å². The minimum atomic E-state index is -3.62. The Morgan fingerprint density at radius 3 is 2.63 bits per heavy atom. The molecule has 9 heteroatoms. The van der Waals surface area contributed by atoms with E-state index >= 15 is 0 Å². The number of hydrogen-bond donors (Lipinski definition) is 0. The first-order valence-electron chi connectivity index (χ1n) is 8.84. The van der Waals surface area contributed by atoms with E-state index < -0.39 is 27.8 Å². The van der Waals surface area contributed by atoms with Crippen LogP contribution in [0, 0.1) is 0 Å². The average molecular weight is 414 g/mol. The molecule has 0 N–H and O–H groups in total. The van der Waals surface area contributed by atoms with Gasteiger partial charge in [0, 0.05) is 24.2 Å². The van der Waals surface area contributed by atoms with Crippen molar-refractivity contribution in [2.45, 2.75) is 51.7 Å². The molecule has 1 fully saturated rings. The Morgan fingerprint density at radius 1 is 1.30 bits per heavy atom. The number of aromatic nitrogens is 2. The summed E-state index contributed by atoms with van der Waals surface area (Å²) in [4.78, 5) is 18.4. The summed E-state index contributed by atoms with van der Waals surface area (Å²) in [6.07, 6.45) is 4.66. The highest BCUT2D eigenvalue weighted by Gasteiger charge is 2.35. The molecule has 1 aliphatic rings. The van der Waals surface area contributed by atoms with Gasteiger partial charge in [0.05, 0.1) is 23.5 Å². The Balaban J connectivity index is 2.13. The molecule has 27 heavy (non-hydrogen) atoms. The van der Waals surface area contributed by atoms with Crippen LogP contribution in [0.15, 0.2) is 18.3 Å². The molecule has 0 radical (unpaired) electrons. The van der Waals surface area contributed by atoms with Gasteiger partial charge in [-0.15, -0.1) is 0 Å². The molecule has 0 saturated carbocycles. The third kappa shape index (κ3) is 4.21. The van der Waals surface area contributed by atoms with E-state index in [1.165, 1.54) is 10.0 Å². The molecular weight excluding hydrogens is 390 g/mol. The lowest BCUT2D eigenvalue weighted by Crippen LogP contribution is -2.42. The number of carbonyl (C=O) groups excluding carboxylic acids is 1. The zero-order valence-corrected chi connectivity index (χ0v) is 17.5. The van der Waals surface area contributed by atoms with E-state index in [0.29, 0.717) is 29.6 Å². The Morgan fingerprint density at radius 2 is 2.00 bits per heavy atom. The van der Waals surface area contributed by atoms with E-state index in [1.807, 2.05) is 20.8 Å². The second-order valence-corrected chi connectivity index (χ2v) is 10.1. The van der Waals surface area contributed by atoms with Crippen LogP contribution in [0.2, 0.25) is 5.15 Å². The first kappa shape index (κ1) is 19.9. The molecule has 1 aliphatic heterocycles. The Hall–Kier alpha value is -1.80. The highest BCUT2D eigenvalue weighted by atomic mass is 35.5. The van der Waals surface area contributed by atoms with Gasteiger partial charge in [0.1, 0.15) is 10.8 Å². The van der Waals surface area contributed by atoms with Crippen LogP contribution < -0.4 is 0 Å². The second kappa shape index (κ2) is 6.98. The molecule has 1 atom stereocenters. The van der Waals surface area contributed by atoms with Gasteiger partial charge < -0.3 is 4.74 Å². The SMILES string of the molecule is CC(C)(C)OC(=O)N1CCCC[C@@H]1c1cc2cnc(Cl)cc2n1S(C)(=O)=O. The first-order valence-corrected chi connectivity index (χ1v) is 11.1. The largest absolute Gasteiger partial charge is 0.444 e. The van der Waals surface area contributed by atoms with Gasteiger partial charge in [-0.3, -0.25) is 4.90 Å². The zero-order chi connectivity index (χ0) is 20.0. The van der Waals surface area contributed by atoms with Crippen molar-refractivity contribution >= 4 is 38.6 Å². The lowest BCUT2D eigenvalue weighted by atomic mass is 10.00. The number of ether oxygens (including phenoxy) is 1. The van der Waals surface area contributed by atoms with Gasteiger partial charge in [-0.2, -0.15) is 0 Å². The number of halogens is 1. The summed E-state index contributed by atoms with van der Waals surface area (Å²) >= 11 is 5.98. The number of carbonyl (C=O) groups is 1. The number of fused-ring (bicyclic) bond motifs is 1. The third-order valence-corrected chi connectivity index (χ3v) is 5.72. The van der Waals surface area contributed by atoms with Gasteiger partial charge >= 0.3 is 6.09 Å². The van der Waals surface area contributed by atoms with Crippen molar-refractivity contribution < 1.29 is 17.9 Å². The van der Waals surface area contributed by atoms with Gasteiger partial charge in [0.25, 0.3) is 0 Å². The number of hydrogen-bond acceptors (Lipinski definition) is 5. The smallest absolute Gasteiger partial charge is 0.410 e. The molecule has 0 aromatic carbocycles. The lowest BCUT2D eigenvalue weighted by Gasteiger charge is -2.37. The molecule has 2 aromatic rings. The Kier molecular flexibility index (Phi) is 5.16. The van der Waals surface area contributed by atoms with Gasteiger partial charge in [0.2, 0.25) is 10.0 Å². The van der Waals surface area contributed by atoms with Crippen LogP contribution in [0.1, 0.15) is 51.8 Å². The molecule has 3 rings (SSSR count). The van der Waals surface area contributed by atoms with Crippen molar-refractivity contribution in [3.8, 4) is 0 Å². The van der Waals surface area contributed by atoms with Crippen molar-refractivity contribution in [3.05, 3.63) is 29.2 Å². The normalized spacial score (nSPS) is 18.7. The molecule has 1 saturated heterocycles. The minimum Gasteiger partial charge on any atom is -0.444 e. The summed E-state index contributed by atoms with van der Waals surface area (Å²) in [7, 11) is -3.62. The predicted molar refractivity (Wildman–Crippen MR) is 105 cm³/mol. The van der Waals surface area contributed by atoms with E-state index in [4.69, 9.17) is 16.3 Å². The van der Waals surface area contributed by atoms with Crippen LogP contribution in [0.25, 0.3) is 10.9 Å². The molecule has 2 aromatic heterocycles. The molecule has 3 heterocycles. The van der Waals surface area contributed by atoms with E-state index in [-0.39, 0.29) is 5.15 Å². The van der Waals surface area contributed by atoms with Crippen molar-refractivity contribution in [1.29, 1.82) is 0 Å². The van der Waals surface area contributed by atoms with Gasteiger partial charge in [0.15, 0.2) is 0 Å². The highest BCUT2D eigenvalue weighted by Crippen LogP contribution is 2.36. The Bertz CT molecular complexity index is 978. The zero-order valence-electron chi connectivity index (χ0n) is 15.9. The summed E-state index contributed by atoms with van der Waals surface area (Å²) in [5.41, 5.74) is 0.365. The van der Waals surface area contributed by atoms with Crippen molar-refractivity contribution in [2.75, 3.05) is 12.8 Å². The number of pyridine rings is 1. The lowest BCUT2D eigenvalue weighted by molar-refractivity contribution is 0.00894. The molecule has 148 valence electrons. The summed E-state index contributed by atoms with van der Waals surface area (Å²) in [6, 6.07) is 2.91. The van der Waals surface area contributed by atoms with E-state index in [0.717, 1.165) is 19.1 Å². The molecule has 1 amide bonds. The number of rotatable bonds is 2. The van der Waals surface area contributed by atoms with Crippen LogP contribution >= 0.6 is 11.6 Å². The van der Waals surface area contributed by atoms with Crippen molar-refractivity contribution in [3.63, 3.8) is 0 Å². The maximum Gasteiger partial charge on any atom is 0.410 e. The molecule has 0 spiro atoms. The van der Waals surface area contributed by atoms with Crippen LogP contribution in [-0.4, -0.2) is 46.8 Å². The van der Waals surface area contributed by atoms with Crippen LogP contribution in [0.4, 0.5) is 4.79 Å². The predicted octanol–water partition coefficient (Wildman–Crippen LogP) is 3.96. The van der Waals surface area contributed by atoms with Gasteiger partial charge in [-0.1, -0.05) is 11.6 Å². The van der Waals surface area contributed by atoms with Crippen LogP contribution in [-0.2, 0) is 14.8 Å². The monoisotopic (exact) mass is 413 g/mol. The quantitative estimate of drug-likeness (QED) is 0.696. The van der Waals surface area contributed by atoms with E-state index in [9.17, 15) is 13.2 Å². The maximum absolute atomic E-state index is 12.7. The number of amides is 1. The maximum atomic E-state index is 12.7. The fourth-order valence-electron chi connectivity index (χ4n) is 3.45. The fourth-order valence-corrected chi connectivity index (χ4v) is 4.68. The third-order valence-electron chi connectivity index (χ3n) is 4.44. The van der Waals surface area contributed by atoms with E-state index in [1.54, 1.807) is 17.2 Å². The van der Waals surface area contributed by atoms with Gasteiger partial charge in [-0.05, 0) is 46.1 Å². The highest BCUT2D eigenvalue weighted by molar-refractivity contribution is 7.89. The second-order valence-electron chi connectivity index (χ2n) is 7.85. The van der Waals surface area contributed by atoms with Gasteiger partial charge in [-0.25, -0.2) is 22.2 Å². The summed E-state index contributed by atoms with van der Waals surface area (Å²) in [6.45, 7) is 5.95. The van der Waals surface area contributed by atoms with Crippen molar-refractivity contribution in [1.82, 2.24) is 13.9 Å². The molecular formula is C18H24ClN3O4S. The molecule has 0 bridgehead atoms. The minimum absolute atomic E-state index is 0.213. The fraction of sp³-hybridized carbons (Fsp3) is 0.556. The molecule has 7 nitrogen and oxygen atoms in total. The first-order chi connectivity index (χ1) is 12.5. The van der Waals surface area contributed by atoms with Crippen LogP contribution in [0.3, 0.4) is 0 Å². The number of likely N-dealkylation sites (tertiary alicyclic amines) is 1. The van der Waals surface area contributed by atoms with Crippen LogP contribution in [0.5, 0.6) is 0 Å². The standard InChI is InChI=1S/C18H24ClN3O4S/c1-18(2,3)26-17(23)21-8-6-5-7-13(21)15-9-12-11-20-16(19)10-14(12)22(15)27(4,24)25/h9-11,13H,5-8H2,1-4H3/t13-/m1/s1. The average Bonchev–Trinajstić information content (AvgIpc) is 2.91. The Labute approximate surface area is 164 Å². The summed E-state index contributed by atoms with van der Waals surface area (Å²) in [5.74, 6) is 0. The number of nitrogens with zero attached hydrogens (tertiary/aromatic N) is 3.